The van der Waals surface area contributed by atoms with Gasteiger partial charge in [-0.05, 0) is 18.6 Å². The maximum atomic E-state index is 10.8. The predicted molar refractivity (Wildman–Crippen MR) is 46.7 cm³/mol. The molecule has 0 spiro atoms. The smallest absolute Gasteiger partial charge is 0.0658 e. The highest BCUT2D eigenvalue weighted by Crippen LogP contribution is 2.04. The van der Waals surface area contributed by atoms with Gasteiger partial charge in [-0.3, -0.25) is 9.19 Å². The van der Waals surface area contributed by atoms with Crippen LogP contribution in [0.2, 0.25) is 0 Å². The van der Waals surface area contributed by atoms with Gasteiger partial charge >= 0.3 is 0 Å². The Balaban J connectivity index is 2.86. The van der Waals surface area contributed by atoms with Crippen LogP contribution in [0.3, 0.4) is 0 Å². The minimum atomic E-state index is -0.789. The van der Waals surface area contributed by atoms with E-state index in [0.717, 1.165) is 11.3 Å². The number of rotatable bonds is 2. The number of pyridine rings is 1. The van der Waals surface area contributed by atoms with Gasteiger partial charge in [-0.1, -0.05) is 6.07 Å². The molecule has 0 aromatic carbocycles. The monoisotopic (exact) mass is 169 g/mol. The second-order valence-corrected chi connectivity index (χ2v) is 3.92. The molecule has 0 aliphatic rings. The minimum Gasteiger partial charge on any atom is -0.260 e. The van der Waals surface area contributed by atoms with Crippen molar-refractivity contribution in [3.8, 4) is 0 Å². The highest BCUT2D eigenvalue weighted by molar-refractivity contribution is 7.83. The van der Waals surface area contributed by atoms with Crippen molar-refractivity contribution in [3.05, 3.63) is 29.6 Å². The Morgan fingerprint density at radius 1 is 1.64 bits per heavy atom. The largest absolute Gasteiger partial charge is 0.260 e. The highest BCUT2D eigenvalue weighted by atomic mass is 32.2. The molecule has 3 heteroatoms. The SMILES string of the molecule is Cc1cccnc1CS(C)=O. The maximum absolute atomic E-state index is 10.8. The van der Waals surface area contributed by atoms with Gasteiger partial charge in [-0.25, -0.2) is 0 Å². The number of hydrogen-bond acceptors (Lipinski definition) is 2. The Hall–Kier alpha value is -0.700. The summed E-state index contributed by atoms with van der Waals surface area (Å²) in [5.41, 5.74) is 2.05. The number of aromatic nitrogens is 1. The third kappa shape index (κ3) is 2.42. The molecule has 0 saturated heterocycles. The summed E-state index contributed by atoms with van der Waals surface area (Å²) < 4.78 is 10.8. The Kier molecular flexibility index (Phi) is 2.76. The van der Waals surface area contributed by atoms with Gasteiger partial charge in [-0.2, -0.15) is 0 Å². The zero-order chi connectivity index (χ0) is 8.27. The van der Waals surface area contributed by atoms with E-state index in [9.17, 15) is 4.21 Å². The zero-order valence-electron chi connectivity index (χ0n) is 6.70. The summed E-state index contributed by atoms with van der Waals surface area (Å²) in [6, 6.07) is 3.87. The van der Waals surface area contributed by atoms with Gasteiger partial charge < -0.3 is 0 Å². The molecule has 0 saturated carbocycles. The molecule has 2 nitrogen and oxygen atoms in total. The Bertz CT molecular complexity index is 273. The fourth-order valence-electron chi connectivity index (χ4n) is 0.862. The van der Waals surface area contributed by atoms with Gasteiger partial charge in [0.25, 0.3) is 0 Å². The molecule has 1 aromatic heterocycles. The van der Waals surface area contributed by atoms with E-state index >= 15 is 0 Å². The quantitative estimate of drug-likeness (QED) is 0.667. The molecule has 0 radical (unpaired) electrons. The Morgan fingerprint density at radius 2 is 2.36 bits per heavy atom. The van der Waals surface area contributed by atoms with E-state index in [4.69, 9.17) is 0 Å². The molecular formula is C8H11NOS. The van der Waals surface area contributed by atoms with E-state index in [-0.39, 0.29) is 0 Å². The van der Waals surface area contributed by atoms with Crippen LogP contribution < -0.4 is 0 Å². The van der Waals surface area contributed by atoms with Gasteiger partial charge in [-0.15, -0.1) is 0 Å². The lowest BCUT2D eigenvalue weighted by Gasteiger charge is -1.99. The molecule has 0 aliphatic heterocycles. The van der Waals surface area contributed by atoms with E-state index in [1.54, 1.807) is 12.5 Å². The molecule has 1 heterocycles. The van der Waals surface area contributed by atoms with Crippen molar-refractivity contribution in [2.45, 2.75) is 12.7 Å². The summed E-state index contributed by atoms with van der Waals surface area (Å²) in [4.78, 5) is 4.13. The van der Waals surface area contributed by atoms with Crippen molar-refractivity contribution in [1.82, 2.24) is 4.98 Å². The molecule has 0 bridgehead atoms. The van der Waals surface area contributed by atoms with Crippen molar-refractivity contribution < 1.29 is 4.21 Å². The van der Waals surface area contributed by atoms with Crippen LogP contribution in [0.4, 0.5) is 0 Å². The first-order valence-corrected chi connectivity index (χ1v) is 5.13. The lowest BCUT2D eigenvalue weighted by molar-refractivity contribution is 0.685. The van der Waals surface area contributed by atoms with Gasteiger partial charge in [0.15, 0.2) is 0 Å². The van der Waals surface area contributed by atoms with Crippen LogP contribution in [-0.4, -0.2) is 15.4 Å². The Labute approximate surface area is 69.1 Å². The van der Waals surface area contributed by atoms with Crippen LogP contribution in [0.25, 0.3) is 0 Å². The summed E-state index contributed by atoms with van der Waals surface area (Å²) in [5.74, 6) is 0.562. The fourth-order valence-corrected chi connectivity index (χ4v) is 1.55. The third-order valence-corrected chi connectivity index (χ3v) is 2.14. The van der Waals surface area contributed by atoms with Crippen LogP contribution in [0, 0.1) is 6.92 Å². The van der Waals surface area contributed by atoms with E-state index in [0.29, 0.717) is 5.75 Å². The van der Waals surface area contributed by atoms with Gasteiger partial charge in [0, 0.05) is 23.3 Å². The van der Waals surface area contributed by atoms with Crippen molar-refractivity contribution in [1.29, 1.82) is 0 Å². The molecule has 0 amide bonds. The van der Waals surface area contributed by atoms with E-state index in [1.165, 1.54) is 0 Å². The van der Waals surface area contributed by atoms with E-state index in [1.807, 2.05) is 19.1 Å². The van der Waals surface area contributed by atoms with Crippen molar-refractivity contribution in [3.63, 3.8) is 0 Å². The average Bonchev–Trinajstić information content (AvgIpc) is 1.93. The van der Waals surface area contributed by atoms with Crippen LogP contribution >= 0.6 is 0 Å². The highest BCUT2D eigenvalue weighted by Gasteiger charge is 1.99. The first kappa shape index (κ1) is 8.40. The van der Waals surface area contributed by atoms with Crippen LogP contribution in [0.15, 0.2) is 18.3 Å². The standard InChI is InChI=1S/C8H11NOS/c1-7-4-3-5-9-8(7)6-11(2)10/h3-5H,6H2,1-2H3. The zero-order valence-corrected chi connectivity index (χ0v) is 7.52. The normalized spacial score (nSPS) is 12.9. The average molecular weight is 169 g/mol. The number of hydrogen-bond donors (Lipinski definition) is 0. The lowest BCUT2D eigenvalue weighted by atomic mass is 10.2. The van der Waals surface area contributed by atoms with Crippen LogP contribution in [0.5, 0.6) is 0 Å². The summed E-state index contributed by atoms with van der Waals surface area (Å²) in [7, 11) is -0.789. The molecule has 1 atom stereocenters. The fraction of sp³-hybridized carbons (Fsp3) is 0.375. The minimum absolute atomic E-state index is 0.562. The molecule has 1 unspecified atom stereocenters. The summed E-state index contributed by atoms with van der Waals surface area (Å²) in [6.07, 6.45) is 3.42. The molecule has 11 heavy (non-hydrogen) atoms. The third-order valence-electron chi connectivity index (χ3n) is 1.46. The van der Waals surface area contributed by atoms with Gasteiger partial charge in [0.05, 0.1) is 11.4 Å². The lowest BCUT2D eigenvalue weighted by Crippen LogP contribution is -1.97. The summed E-state index contributed by atoms with van der Waals surface area (Å²) in [5, 5.41) is 0. The summed E-state index contributed by atoms with van der Waals surface area (Å²) in [6.45, 7) is 1.98. The molecule has 0 N–H and O–H groups in total. The van der Waals surface area contributed by atoms with Crippen molar-refractivity contribution in [2.24, 2.45) is 0 Å². The van der Waals surface area contributed by atoms with Crippen molar-refractivity contribution >= 4 is 10.8 Å². The molecule has 60 valence electrons. The second-order valence-electron chi connectivity index (χ2n) is 2.48. The number of nitrogens with zero attached hydrogens (tertiary/aromatic N) is 1. The van der Waals surface area contributed by atoms with E-state index < -0.39 is 10.8 Å². The summed E-state index contributed by atoms with van der Waals surface area (Å²) >= 11 is 0. The molecule has 0 fully saturated rings. The maximum Gasteiger partial charge on any atom is 0.0658 e. The predicted octanol–water partition coefficient (Wildman–Crippen LogP) is 1.27. The first-order chi connectivity index (χ1) is 5.20. The molecule has 0 aliphatic carbocycles. The van der Waals surface area contributed by atoms with E-state index in [2.05, 4.69) is 4.98 Å². The second kappa shape index (κ2) is 3.62. The molecule has 1 rings (SSSR count). The first-order valence-electron chi connectivity index (χ1n) is 3.40. The number of aryl methyl sites for hydroxylation is 1. The van der Waals surface area contributed by atoms with Gasteiger partial charge in [0.2, 0.25) is 0 Å². The van der Waals surface area contributed by atoms with Crippen LogP contribution in [-0.2, 0) is 16.6 Å². The molecular weight excluding hydrogens is 158 g/mol. The van der Waals surface area contributed by atoms with Crippen LogP contribution in [0.1, 0.15) is 11.3 Å². The topological polar surface area (TPSA) is 30.0 Å². The van der Waals surface area contributed by atoms with Gasteiger partial charge in [0.1, 0.15) is 0 Å². The Morgan fingerprint density at radius 3 is 2.91 bits per heavy atom. The van der Waals surface area contributed by atoms with Crippen molar-refractivity contribution in [2.75, 3.05) is 6.26 Å². The molecule has 1 aromatic rings.